The van der Waals surface area contributed by atoms with E-state index in [1.807, 2.05) is 13.0 Å². The van der Waals surface area contributed by atoms with Crippen molar-refractivity contribution in [2.24, 2.45) is 0 Å². The highest BCUT2D eigenvalue weighted by atomic mass is 16.6. The number of nitrogens with zero attached hydrogens (tertiary/aromatic N) is 1. The molecule has 0 saturated carbocycles. The van der Waals surface area contributed by atoms with E-state index in [0.717, 1.165) is 0 Å². The molecule has 2 N–H and O–H groups in total. The number of nitriles is 1. The predicted octanol–water partition coefficient (Wildman–Crippen LogP) is 1.78. The van der Waals surface area contributed by atoms with E-state index in [9.17, 15) is 20.3 Å². The summed E-state index contributed by atoms with van der Waals surface area (Å²) in [6.45, 7) is 2.39. The lowest BCUT2D eigenvalue weighted by Crippen LogP contribution is -2.16. The second kappa shape index (κ2) is 5.29. The molecule has 0 amide bonds. The lowest BCUT2D eigenvalue weighted by atomic mass is 9.87. The molecule has 100 valence electrons. The standard InChI is InChI=1S/C14H15NO4/c1-2-9-12(6-15)10(3-4-13(9)16)11(14(17)18)5-8-7-19-8/h3-4,8,11,16H,2,5,7H2,1H3,(H,17,18)/t8?,11-/m1/s1. The van der Waals surface area contributed by atoms with E-state index in [4.69, 9.17) is 4.74 Å². The fraction of sp³-hybridized carbons (Fsp3) is 0.429. The number of hydrogen-bond donors (Lipinski definition) is 2. The highest BCUT2D eigenvalue weighted by Gasteiger charge is 2.33. The summed E-state index contributed by atoms with van der Waals surface area (Å²) >= 11 is 0. The van der Waals surface area contributed by atoms with Gasteiger partial charge in [0.25, 0.3) is 0 Å². The Morgan fingerprint density at radius 1 is 1.63 bits per heavy atom. The first-order valence-corrected chi connectivity index (χ1v) is 6.17. The molecule has 1 fully saturated rings. The number of ether oxygens (including phenoxy) is 1. The average Bonchev–Trinajstić information content (AvgIpc) is 3.19. The van der Waals surface area contributed by atoms with Crippen LogP contribution in [0.5, 0.6) is 5.75 Å². The third-order valence-corrected chi connectivity index (χ3v) is 3.36. The van der Waals surface area contributed by atoms with Crippen LogP contribution in [0.25, 0.3) is 0 Å². The van der Waals surface area contributed by atoms with Crippen molar-refractivity contribution in [3.63, 3.8) is 0 Å². The lowest BCUT2D eigenvalue weighted by Gasteiger charge is -2.16. The van der Waals surface area contributed by atoms with Gasteiger partial charge in [0.05, 0.1) is 30.3 Å². The Balaban J connectivity index is 2.46. The van der Waals surface area contributed by atoms with E-state index in [1.54, 1.807) is 0 Å². The van der Waals surface area contributed by atoms with Crippen molar-refractivity contribution in [1.82, 2.24) is 0 Å². The molecule has 5 heteroatoms. The Morgan fingerprint density at radius 3 is 2.79 bits per heavy atom. The minimum absolute atomic E-state index is 0.0356. The van der Waals surface area contributed by atoms with Gasteiger partial charge in [-0.05, 0) is 24.5 Å². The van der Waals surface area contributed by atoms with E-state index >= 15 is 0 Å². The molecular formula is C14H15NO4. The van der Waals surface area contributed by atoms with Crippen LogP contribution in [0.4, 0.5) is 0 Å². The van der Waals surface area contributed by atoms with Gasteiger partial charge >= 0.3 is 5.97 Å². The molecule has 0 bridgehead atoms. The molecule has 0 aromatic heterocycles. The van der Waals surface area contributed by atoms with Gasteiger partial charge in [0.2, 0.25) is 0 Å². The van der Waals surface area contributed by atoms with Crippen molar-refractivity contribution in [1.29, 1.82) is 5.26 Å². The average molecular weight is 261 g/mol. The minimum atomic E-state index is -0.972. The first-order chi connectivity index (χ1) is 9.08. The van der Waals surface area contributed by atoms with E-state index in [0.29, 0.717) is 30.6 Å². The van der Waals surface area contributed by atoms with Gasteiger partial charge in [0.15, 0.2) is 0 Å². The minimum Gasteiger partial charge on any atom is -0.508 e. The number of phenols is 1. The van der Waals surface area contributed by atoms with Gasteiger partial charge in [-0.2, -0.15) is 5.26 Å². The zero-order valence-electron chi connectivity index (χ0n) is 10.6. The quantitative estimate of drug-likeness (QED) is 0.788. The van der Waals surface area contributed by atoms with Crippen molar-refractivity contribution >= 4 is 5.97 Å². The summed E-state index contributed by atoms with van der Waals surface area (Å²) in [4.78, 5) is 11.4. The summed E-state index contributed by atoms with van der Waals surface area (Å²) in [5, 5.41) is 28.3. The molecular weight excluding hydrogens is 246 g/mol. The molecule has 1 saturated heterocycles. The Labute approximate surface area is 111 Å². The number of carbonyl (C=O) groups is 1. The molecule has 19 heavy (non-hydrogen) atoms. The smallest absolute Gasteiger partial charge is 0.311 e. The zero-order valence-corrected chi connectivity index (χ0v) is 10.6. The molecule has 0 aliphatic carbocycles. The molecule has 1 heterocycles. The Kier molecular flexibility index (Phi) is 3.72. The van der Waals surface area contributed by atoms with Crippen LogP contribution in [0.3, 0.4) is 0 Å². The van der Waals surface area contributed by atoms with Crippen molar-refractivity contribution in [2.75, 3.05) is 6.61 Å². The van der Waals surface area contributed by atoms with E-state index in [-0.39, 0.29) is 17.4 Å². The number of carboxylic acid groups (broad SMARTS) is 1. The topological polar surface area (TPSA) is 93.8 Å². The van der Waals surface area contributed by atoms with Crippen molar-refractivity contribution in [3.8, 4) is 11.8 Å². The molecule has 2 atom stereocenters. The summed E-state index contributed by atoms with van der Waals surface area (Å²) in [5.41, 5.74) is 1.23. The summed E-state index contributed by atoms with van der Waals surface area (Å²) < 4.78 is 5.07. The Hall–Kier alpha value is -2.06. The van der Waals surface area contributed by atoms with Crippen LogP contribution < -0.4 is 0 Å². The van der Waals surface area contributed by atoms with Gasteiger partial charge in [0.1, 0.15) is 5.75 Å². The number of carboxylic acids is 1. The Morgan fingerprint density at radius 2 is 2.32 bits per heavy atom. The van der Waals surface area contributed by atoms with Gasteiger partial charge in [-0.3, -0.25) is 4.79 Å². The van der Waals surface area contributed by atoms with Crippen LogP contribution in [0, 0.1) is 11.3 Å². The maximum absolute atomic E-state index is 11.4. The van der Waals surface area contributed by atoms with E-state index in [1.165, 1.54) is 12.1 Å². The van der Waals surface area contributed by atoms with Gasteiger partial charge in [-0.1, -0.05) is 13.0 Å². The van der Waals surface area contributed by atoms with Crippen molar-refractivity contribution in [2.45, 2.75) is 31.8 Å². The third-order valence-electron chi connectivity index (χ3n) is 3.36. The van der Waals surface area contributed by atoms with Crippen LogP contribution in [0.15, 0.2) is 12.1 Å². The van der Waals surface area contributed by atoms with Crippen LogP contribution in [0.2, 0.25) is 0 Å². The van der Waals surface area contributed by atoms with Gasteiger partial charge < -0.3 is 14.9 Å². The molecule has 1 aliphatic heterocycles. The molecule has 1 aromatic rings. The summed E-state index contributed by atoms with van der Waals surface area (Å²) in [6, 6.07) is 5.00. The number of phenolic OH excluding ortho intramolecular Hbond substituents is 1. The number of aromatic hydroxyl groups is 1. The first kappa shape index (κ1) is 13.4. The summed E-state index contributed by atoms with van der Waals surface area (Å²) in [7, 11) is 0. The molecule has 2 rings (SSSR count). The normalized spacial score (nSPS) is 18.6. The molecule has 0 spiro atoms. The largest absolute Gasteiger partial charge is 0.508 e. The van der Waals surface area contributed by atoms with Gasteiger partial charge in [-0.15, -0.1) is 0 Å². The van der Waals surface area contributed by atoms with Crippen LogP contribution in [-0.4, -0.2) is 28.9 Å². The van der Waals surface area contributed by atoms with E-state index in [2.05, 4.69) is 0 Å². The number of rotatable bonds is 5. The summed E-state index contributed by atoms with van der Waals surface area (Å²) in [6.07, 6.45) is 0.804. The second-order valence-electron chi connectivity index (χ2n) is 4.57. The SMILES string of the molecule is CCc1c(O)ccc([C@@H](CC2CO2)C(=O)O)c1C#N. The second-order valence-corrected chi connectivity index (χ2v) is 4.57. The molecule has 1 aliphatic rings. The van der Waals surface area contributed by atoms with Crippen molar-refractivity contribution < 1.29 is 19.7 Å². The number of hydrogen-bond acceptors (Lipinski definition) is 4. The first-order valence-electron chi connectivity index (χ1n) is 6.17. The zero-order chi connectivity index (χ0) is 14.0. The molecule has 0 radical (unpaired) electrons. The maximum atomic E-state index is 11.4. The molecule has 5 nitrogen and oxygen atoms in total. The molecule has 1 aromatic carbocycles. The number of aliphatic carboxylic acids is 1. The highest BCUT2D eigenvalue weighted by molar-refractivity contribution is 5.78. The third kappa shape index (κ3) is 2.69. The van der Waals surface area contributed by atoms with Crippen molar-refractivity contribution in [3.05, 3.63) is 28.8 Å². The van der Waals surface area contributed by atoms with Crippen LogP contribution in [-0.2, 0) is 16.0 Å². The molecule has 1 unspecified atom stereocenters. The fourth-order valence-electron chi connectivity index (χ4n) is 2.26. The van der Waals surface area contributed by atoms with Gasteiger partial charge in [0, 0.05) is 5.56 Å². The lowest BCUT2D eigenvalue weighted by molar-refractivity contribution is -0.139. The summed E-state index contributed by atoms with van der Waals surface area (Å²) in [5.74, 6) is -1.71. The number of benzene rings is 1. The predicted molar refractivity (Wildman–Crippen MR) is 66.9 cm³/mol. The fourth-order valence-corrected chi connectivity index (χ4v) is 2.26. The number of epoxide rings is 1. The van der Waals surface area contributed by atoms with E-state index < -0.39 is 11.9 Å². The van der Waals surface area contributed by atoms with Gasteiger partial charge in [-0.25, -0.2) is 0 Å². The highest BCUT2D eigenvalue weighted by Crippen LogP contribution is 2.34. The Bertz CT molecular complexity index is 543. The van der Waals surface area contributed by atoms with Crippen LogP contribution >= 0.6 is 0 Å². The maximum Gasteiger partial charge on any atom is 0.311 e. The van der Waals surface area contributed by atoms with Crippen LogP contribution in [0.1, 0.15) is 36.0 Å². The monoisotopic (exact) mass is 261 g/mol.